The van der Waals surface area contributed by atoms with E-state index < -0.39 is 23.3 Å². The van der Waals surface area contributed by atoms with Gasteiger partial charge in [0.2, 0.25) is 0 Å². The molecule has 0 spiro atoms. The van der Waals surface area contributed by atoms with E-state index in [0.717, 1.165) is 56.1 Å². The van der Waals surface area contributed by atoms with E-state index in [9.17, 15) is 18.0 Å². The Labute approximate surface area is 145 Å². The van der Waals surface area contributed by atoms with Crippen molar-refractivity contribution >= 4 is 5.97 Å². The molecule has 2 nitrogen and oxygen atoms in total. The van der Waals surface area contributed by atoms with Gasteiger partial charge >= 0.3 is 12.1 Å². The van der Waals surface area contributed by atoms with Crippen molar-refractivity contribution in [3.05, 3.63) is 35.4 Å². The number of hydrogen-bond donors (Lipinski definition) is 0. The van der Waals surface area contributed by atoms with Gasteiger partial charge in [0.05, 0.1) is 11.1 Å². The van der Waals surface area contributed by atoms with Gasteiger partial charge in [-0.1, -0.05) is 6.92 Å². The first kappa shape index (κ1) is 16.9. The lowest BCUT2D eigenvalue weighted by molar-refractivity contribution is -0.176. The lowest BCUT2D eigenvalue weighted by Gasteiger charge is -2.60. The van der Waals surface area contributed by atoms with Crippen LogP contribution in [0.15, 0.2) is 24.3 Å². The van der Waals surface area contributed by atoms with Gasteiger partial charge in [-0.05, 0) is 86.5 Å². The van der Waals surface area contributed by atoms with Crippen molar-refractivity contribution in [2.45, 2.75) is 57.2 Å². The van der Waals surface area contributed by atoms with E-state index in [1.165, 1.54) is 18.6 Å². The molecule has 1 aromatic rings. The second-order valence-electron chi connectivity index (χ2n) is 8.08. The molecular formula is C20H23F3O2. The Bertz CT molecular complexity index is 635. The topological polar surface area (TPSA) is 26.3 Å². The fourth-order valence-electron chi connectivity index (χ4n) is 5.82. The van der Waals surface area contributed by atoms with Crippen molar-refractivity contribution in [3.63, 3.8) is 0 Å². The van der Waals surface area contributed by atoms with Crippen LogP contribution in [0.4, 0.5) is 13.2 Å². The summed E-state index contributed by atoms with van der Waals surface area (Å²) in [6, 6.07) is 4.35. The maximum absolute atomic E-state index is 12.7. The molecule has 0 radical (unpaired) electrons. The summed E-state index contributed by atoms with van der Waals surface area (Å²) in [6.07, 6.45) is 2.22. The first-order chi connectivity index (χ1) is 11.8. The van der Waals surface area contributed by atoms with Crippen LogP contribution in [0.1, 0.15) is 61.4 Å². The molecule has 0 saturated heterocycles. The zero-order valence-corrected chi connectivity index (χ0v) is 14.3. The van der Waals surface area contributed by atoms with Gasteiger partial charge in [0, 0.05) is 0 Å². The average Bonchev–Trinajstić information content (AvgIpc) is 2.57. The van der Waals surface area contributed by atoms with Crippen molar-refractivity contribution in [2.75, 3.05) is 0 Å². The van der Waals surface area contributed by atoms with Crippen LogP contribution in [-0.2, 0) is 10.9 Å². The van der Waals surface area contributed by atoms with E-state index in [1.807, 2.05) is 0 Å². The third kappa shape index (κ3) is 2.76. The monoisotopic (exact) mass is 352 g/mol. The largest absolute Gasteiger partial charge is 0.455 e. The molecule has 136 valence electrons. The maximum atomic E-state index is 12.7. The standard InChI is InChI=1S/C20H23F3O2/c1-2-19(16-8-12-7-13(10-16)11-17(19)9-12)25-18(24)14-3-5-15(6-4-14)20(21,22)23/h3-6,12-13,16-17H,2,7-11H2,1H3. The molecule has 4 aliphatic carbocycles. The minimum absolute atomic E-state index is 0.203. The molecule has 25 heavy (non-hydrogen) atoms. The van der Waals surface area contributed by atoms with Crippen molar-refractivity contribution in [3.8, 4) is 0 Å². The minimum atomic E-state index is -4.39. The second-order valence-corrected chi connectivity index (χ2v) is 8.08. The Kier molecular flexibility index (Phi) is 3.89. The lowest BCUT2D eigenvalue weighted by Crippen LogP contribution is -2.59. The van der Waals surface area contributed by atoms with Gasteiger partial charge in [-0.25, -0.2) is 4.79 Å². The summed E-state index contributed by atoms with van der Waals surface area (Å²) in [5.41, 5.74) is -0.966. The van der Waals surface area contributed by atoms with Gasteiger partial charge in [0.15, 0.2) is 0 Å². The molecule has 0 aliphatic heterocycles. The summed E-state index contributed by atoms with van der Waals surface area (Å²) < 4.78 is 44.1. The number of carbonyl (C=O) groups excluding carboxylic acids is 1. The fourth-order valence-corrected chi connectivity index (χ4v) is 5.82. The Morgan fingerprint density at radius 3 is 2.00 bits per heavy atom. The highest BCUT2D eigenvalue weighted by Gasteiger charge is 2.58. The van der Waals surface area contributed by atoms with Crippen LogP contribution in [0, 0.1) is 23.7 Å². The van der Waals surface area contributed by atoms with Crippen molar-refractivity contribution < 1.29 is 22.7 Å². The Hall–Kier alpha value is -1.52. The van der Waals surface area contributed by atoms with Gasteiger partial charge in [-0.2, -0.15) is 13.2 Å². The van der Waals surface area contributed by atoms with E-state index in [2.05, 4.69) is 6.92 Å². The SMILES string of the molecule is CCC1(OC(=O)c2ccc(C(F)(F)F)cc2)C2CC3CC(C2)CC1C3. The summed E-state index contributed by atoms with van der Waals surface area (Å²) >= 11 is 0. The molecule has 4 saturated carbocycles. The molecule has 4 fully saturated rings. The molecule has 0 atom stereocenters. The molecule has 5 heteroatoms. The molecule has 0 heterocycles. The quantitative estimate of drug-likeness (QED) is 0.675. The van der Waals surface area contributed by atoms with Gasteiger partial charge in [0.1, 0.15) is 5.60 Å². The van der Waals surface area contributed by atoms with Crippen molar-refractivity contribution in [2.24, 2.45) is 23.7 Å². The van der Waals surface area contributed by atoms with E-state index in [1.54, 1.807) is 0 Å². The number of hydrogen-bond acceptors (Lipinski definition) is 2. The normalized spacial score (nSPS) is 36.5. The second kappa shape index (κ2) is 5.75. The molecule has 1 aromatic carbocycles. The molecule has 4 aliphatic rings. The summed E-state index contributed by atoms with van der Waals surface area (Å²) in [6.45, 7) is 2.07. The average molecular weight is 352 g/mol. The Morgan fingerprint density at radius 1 is 1.04 bits per heavy atom. The lowest BCUT2D eigenvalue weighted by atomic mass is 9.49. The summed E-state index contributed by atoms with van der Waals surface area (Å²) in [4.78, 5) is 12.7. The van der Waals surface area contributed by atoms with Gasteiger partial charge in [-0.15, -0.1) is 0 Å². The van der Waals surface area contributed by atoms with Crippen LogP contribution in [0.25, 0.3) is 0 Å². The number of ether oxygens (including phenoxy) is 1. The highest BCUT2D eigenvalue weighted by Crippen LogP contribution is 2.60. The molecule has 4 bridgehead atoms. The van der Waals surface area contributed by atoms with Gasteiger partial charge in [-0.3, -0.25) is 0 Å². The zero-order chi connectivity index (χ0) is 17.8. The number of alkyl halides is 3. The molecule has 0 aromatic heterocycles. The van der Waals surface area contributed by atoms with E-state index in [-0.39, 0.29) is 5.56 Å². The third-order valence-corrected chi connectivity index (χ3v) is 6.80. The molecule has 0 N–H and O–H groups in total. The minimum Gasteiger partial charge on any atom is -0.455 e. The number of esters is 1. The van der Waals surface area contributed by atoms with E-state index >= 15 is 0 Å². The third-order valence-electron chi connectivity index (χ3n) is 6.80. The number of carbonyl (C=O) groups is 1. The predicted octanol–water partition coefficient (Wildman–Crippen LogP) is 5.47. The predicted molar refractivity (Wildman–Crippen MR) is 86.9 cm³/mol. The highest BCUT2D eigenvalue weighted by molar-refractivity contribution is 5.89. The summed E-state index contributed by atoms with van der Waals surface area (Å²) in [5, 5.41) is 0. The maximum Gasteiger partial charge on any atom is 0.416 e. The number of halogens is 3. The van der Waals surface area contributed by atoms with Crippen LogP contribution >= 0.6 is 0 Å². The Morgan fingerprint density at radius 2 is 1.56 bits per heavy atom. The molecular weight excluding hydrogens is 329 g/mol. The first-order valence-electron chi connectivity index (χ1n) is 9.22. The zero-order valence-electron chi connectivity index (χ0n) is 14.3. The van der Waals surface area contributed by atoms with E-state index in [4.69, 9.17) is 4.74 Å². The first-order valence-corrected chi connectivity index (χ1v) is 9.22. The van der Waals surface area contributed by atoms with Gasteiger partial charge in [0.25, 0.3) is 0 Å². The fraction of sp³-hybridized carbons (Fsp3) is 0.650. The Balaban J connectivity index is 1.55. The number of rotatable bonds is 3. The van der Waals surface area contributed by atoms with Crippen molar-refractivity contribution in [1.29, 1.82) is 0 Å². The molecule has 5 rings (SSSR count). The molecule has 0 amide bonds. The summed E-state index contributed by atoms with van der Waals surface area (Å²) in [7, 11) is 0. The van der Waals surface area contributed by atoms with Crippen molar-refractivity contribution in [1.82, 2.24) is 0 Å². The van der Waals surface area contributed by atoms with Crippen LogP contribution in [-0.4, -0.2) is 11.6 Å². The van der Waals surface area contributed by atoms with Crippen LogP contribution in [0.3, 0.4) is 0 Å². The highest BCUT2D eigenvalue weighted by atomic mass is 19.4. The van der Waals surface area contributed by atoms with Crippen LogP contribution in [0.5, 0.6) is 0 Å². The van der Waals surface area contributed by atoms with Crippen LogP contribution < -0.4 is 0 Å². The smallest absolute Gasteiger partial charge is 0.416 e. The van der Waals surface area contributed by atoms with Gasteiger partial charge < -0.3 is 4.74 Å². The number of benzene rings is 1. The van der Waals surface area contributed by atoms with Crippen LogP contribution in [0.2, 0.25) is 0 Å². The van der Waals surface area contributed by atoms with E-state index in [0.29, 0.717) is 11.8 Å². The summed E-state index contributed by atoms with van der Waals surface area (Å²) in [5.74, 6) is 1.88. The molecule has 0 unspecified atom stereocenters.